The van der Waals surface area contributed by atoms with Gasteiger partial charge in [0.05, 0.1) is 16.7 Å². The van der Waals surface area contributed by atoms with Gasteiger partial charge in [-0.05, 0) is 66.6 Å². The van der Waals surface area contributed by atoms with Crippen molar-refractivity contribution in [2.45, 2.75) is 27.7 Å². The maximum Gasteiger partial charge on any atom is 0.256 e. The van der Waals surface area contributed by atoms with Crippen LogP contribution in [0.1, 0.15) is 38.1 Å². The predicted molar refractivity (Wildman–Crippen MR) is 120 cm³/mol. The molecule has 1 N–H and O–H groups in total. The van der Waals surface area contributed by atoms with E-state index in [4.69, 9.17) is 4.74 Å². The molecule has 0 radical (unpaired) electrons. The largest absolute Gasteiger partial charge is 0.490 e. The molecule has 2 aromatic carbocycles. The summed E-state index contributed by atoms with van der Waals surface area (Å²) in [7, 11) is 0. The zero-order chi connectivity index (χ0) is 20.5. The number of fused-ring (bicyclic) bond motifs is 1. The van der Waals surface area contributed by atoms with Crippen molar-refractivity contribution in [2.75, 3.05) is 23.4 Å². The van der Waals surface area contributed by atoms with E-state index in [-0.39, 0.29) is 11.8 Å². The van der Waals surface area contributed by atoms with Crippen LogP contribution in [0.2, 0.25) is 0 Å². The van der Waals surface area contributed by atoms with E-state index < -0.39 is 5.41 Å². The van der Waals surface area contributed by atoms with Crippen LogP contribution in [0.3, 0.4) is 0 Å². The number of anilines is 2. The van der Waals surface area contributed by atoms with E-state index in [1.807, 2.05) is 44.2 Å². The summed E-state index contributed by atoms with van der Waals surface area (Å²) < 4.78 is 6.87. The van der Waals surface area contributed by atoms with Crippen LogP contribution in [-0.4, -0.2) is 25.0 Å². The Morgan fingerprint density at radius 3 is 2.64 bits per heavy atom. The van der Waals surface area contributed by atoms with Crippen LogP contribution in [0.15, 0.2) is 42.5 Å². The summed E-state index contributed by atoms with van der Waals surface area (Å²) in [5.41, 5.74) is 1.39. The van der Waals surface area contributed by atoms with Gasteiger partial charge in [-0.2, -0.15) is 0 Å². The molecule has 6 heteroatoms. The monoisotopic (exact) mass is 492 g/mol. The van der Waals surface area contributed by atoms with Gasteiger partial charge in [0, 0.05) is 21.9 Å². The van der Waals surface area contributed by atoms with Crippen LogP contribution in [0.5, 0.6) is 5.75 Å². The van der Waals surface area contributed by atoms with E-state index in [0.717, 1.165) is 9.26 Å². The summed E-state index contributed by atoms with van der Waals surface area (Å²) in [6.07, 6.45) is 0. The summed E-state index contributed by atoms with van der Waals surface area (Å²) in [5.74, 6) is 0.815. The average molecular weight is 492 g/mol. The van der Waals surface area contributed by atoms with Crippen molar-refractivity contribution < 1.29 is 14.3 Å². The number of carbonyl (C=O) groups excluding carboxylic acids is 2. The third kappa shape index (κ3) is 4.32. The van der Waals surface area contributed by atoms with Crippen molar-refractivity contribution in [2.24, 2.45) is 11.3 Å². The lowest BCUT2D eigenvalue weighted by atomic mass is 9.92. The maximum atomic E-state index is 13.0. The van der Waals surface area contributed by atoms with Crippen LogP contribution in [0.25, 0.3) is 0 Å². The highest BCUT2D eigenvalue weighted by Gasteiger charge is 2.38. The standard InChI is InChI=1S/C22H25IN2O3/c1-14(2)12-25-18-10-9-15(11-19(18)28-13-22(3,4)21(25)27)24-20(26)16-7-5-6-8-17(16)23/h5-11,14H,12-13H2,1-4H3,(H,24,26). The quantitative estimate of drug-likeness (QED) is 0.615. The smallest absolute Gasteiger partial charge is 0.256 e. The molecule has 28 heavy (non-hydrogen) atoms. The second-order valence-corrected chi connectivity index (χ2v) is 9.26. The van der Waals surface area contributed by atoms with Crippen molar-refractivity contribution in [3.8, 4) is 5.75 Å². The highest BCUT2D eigenvalue weighted by Crippen LogP contribution is 2.38. The van der Waals surface area contributed by atoms with Gasteiger partial charge in [0.15, 0.2) is 0 Å². The Kier molecular flexibility index (Phi) is 5.98. The second kappa shape index (κ2) is 8.11. The Bertz CT molecular complexity index is 908. The molecule has 1 aliphatic rings. The van der Waals surface area contributed by atoms with E-state index in [2.05, 4.69) is 41.8 Å². The number of hydrogen-bond donors (Lipinski definition) is 1. The number of ether oxygens (including phenoxy) is 1. The number of rotatable bonds is 4. The van der Waals surface area contributed by atoms with E-state index in [9.17, 15) is 9.59 Å². The number of halogens is 1. The van der Waals surface area contributed by atoms with Crippen LogP contribution in [0.4, 0.5) is 11.4 Å². The molecular weight excluding hydrogens is 467 g/mol. The normalized spacial score (nSPS) is 15.6. The van der Waals surface area contributed by atoms with Gasteiger partial charge < -0.3 is 15.0 Å². The minimum Gasteiger partial charge on any atom is -0.490 e. The van der Waals surface area contributed by atoms with Crippen molar-refractivity contribution in [3.05, 3.63) is 51.6 Å². The Morgan fingerprint density at radius 1 is 1.25 bits per heavy atom. The molecule has 0 atom stereocenters. The SMILES string of the molecule is CC(C)CN1C(=O)C(C)(C)COc2cc(NC(=O)c3ccccc3I)ccc21. The zero-order valence-corrected chi connectivity index (χ0v) is 18.7. The number of benzene rings is 2. The summed E-state index contributed by atoms with van der Waals surface area (Å²) in [6.45, 7) is 8.88. The number of amides is 2. The fraction of sp³-hybridized carbons (Fsp3) is 0.364. The second-order valence-electron chi connectivity index (χ2n) is 8.10. The van der Waals surface area contributed by atoms with Gasteiger partial charge in [-0.3, -0.25) is 9.59 Å². The number of nitrogens with one attached hydrogen (secondary N) is 1. The lowest BCUT2D eigenvalue weighted by Gasteiger charge is -2.29. The van der Waals surface area contributed by atoms with Crippen LogP contribution >= 0.6 is 22.6 Å². The minimum absolute atomic E-state index is 0.0515. The van der Waals surface area contributed by atoms with Crippen molar-refractivity contribution >= 4 is 45.8 Å². The van der Waals surface area contributed by atoms with Crippen molar-refractivity contribution in [1.29, 1.82) is 0 Å². The Morgan fingerprint density at radius 2 is 1.96 bits per heavy atom. The van der Waals surface area contributed by atoms with Gasteiger partial charge >= 0.3 is 0 Å². The average Bonchev–Trinajstić information content (AvgIpc) is 2.72. The molecule has 5 nitrogen and oxygen atoms in total. The molecule has 0 spiro atoms. The third-order valence-corrected chi connectivity index (χ3v) is 5.53. The first-order valence-corrected chi connectivity index (χ1v) is 10.4. The molecule has 0 saturated carbocycles. The Labute approximate surface area is 179 Å². The Hall–Kier alpha value is -2.09. The van der Waals surface area contributed by atoms with Crippen LogP contribution < -0.4 is 15.0 Å². The molecule has 0 fully saturated rings. The molecule has 0 aromatic heterocycles. The molecule has 2 aromatic rings. The fourth-order valence-corrected chi connectivity index (χ4v) is 3.75. The minimum atomic E-state index is -0.614. The first kappa shape index (κ1) is 20.6. The molecule has 2 amide bonds. The van der Waals surface area contributed by atoms with Gasteiger partial charge in [0.2, 0.25) is 5.91 Å². The van der Waals surface area contributed by atoms with Gasteiger partial charge in [-0.1, -0.05) is 26.0 Å². The van der Waals surface area contributed by atoms with Gasteiger partial charge in [-0.25, -0.2) is 0 Å². The number of carbonyl (C=O) groups is 2. The highest BCUT2D eigenvalue weighted by atomic mass is 127. The lowest BCUT2D eigenvalue weighted by Crippen LogP contribution is -2.43. The van der Waals surface area contributed by atoms with E-state index in [1.165, 1.54) is 0 Å². The molecule has 1 aliphatic heterocycles. The van der Waals surface area contributed by atoms with Crippen molar-refractivity contribution in [1.82, 2.24) is 0 Å². The summed E-state index contributed by atoms with van der Waals surface area (Å²) in [4.78, 5) is 27.4. The molecular formula is C22H25IN2O3. The first-order chi connectivity index (χ1) is 13.2. The summed E-state index contributed by atoms with van der Waals surface area (Å²) in [6, 6.07) is 12.9. The highest BCUT2D eigenvalue weighted by molar-refractivity contribution is 14.1. The number of nitrogens with zero attached hydrogens (tertiary/aromatic N) is 1. The van der Waals surface area contributed by atoms with E-state index in [0.29, 0.717) is 36.1 Å². The summed E-state index contributed by atoms with van der Waals surface area (Å²) >= 11 is 2.15. The molecule has 1 heterocycles. The predicted octanol–water partition coefficient (Wildman–Crippen LogP) is 4.95. The molecule has 0 bridgehead atoms. The molecule has 148 valence electrons. The Balaban J connectivity index is 1.92. The molecule has 0 unspecified atom stereocenters. The van der Waals surface area contributed by atoms with Gasteiger partial charge in [0.1, 0.15) is 12.4 Å². The first-order valence-electron chi connectivity index (χ1n) is 9.34. The van der Waals surface area contributed by atoms with Crippen molar-refractivity contribution in [3.63, 3.8) is 0 Å². The fourth-order valence-electron chi connectivity index (χ4n) is 3.12. The van der Waals surface area contributed by atoms with Gasteiger partial charge in [-0.15, -0.1) is 0 Å². The summed E-state index contributed by atoms with van der Waals surface area (Å²) in [5, 5.41) is 2.93. The van der Waals surface area contributed by atoms with E-state index >= 15 is 0 Å². The third-order valence-electron chi connectivity index (χ3n) is 4.59. The topological polar surface area (TPSA) is 58.6 Å². The van der Waals surface area contributed by atoms with Crippen LogP contribution in [0, 0.1) is 14.9 Å². The lowest BCUT2D eigenvalue weighted by molar-refractivity contribution is -0.127. The molecule has 3 rings (SSSR count). The number of hydrogen-bond acceptors (Lipinski definition) is 3. The maximum absolute atomic E-state index is 13.0. The van der Waals surface area contributed by atoms with Crippen LogP contribution in [-0.2, 0) is 4.79 Å². The molecule has 0 saturated heterocycles. The zero-order valence-electron chi connectivity index (χ0n) is 16.6. The van der Waals surface area contributed by atoms with Gasteiger partial charge in [0.25, 0.3) is 5.91 Å². The molecule has 0 aliphatic carbocycles. The van der Waals surface area contributed by atoms with E-state index in [1.54, 1.807) is 17.0 Å².